The van der Waals surface area contributed by atoms with E-state index in [0.29, 0.717) is 0 Å². The predicted octanol–water partition coefficient (Wildman–Crippen LogP) is 1.81. The zero-order valence-corrected chi connectivity index (χ0v) is 6.45. The van der Waals surface area contributed by atoms with Gasteiger partial charge in [-0.1, -0.05) is 0 Å². The molecule has 3 heteroatoms. The van der Waals surface area contributed by atoms with Crippen LogP contribution in [0.15, 0.2) is 0 Å². The smallest absolute Gasteiger partial charge is 0.170 e. The number of hydrogen-bond acceptors (Lipinski definition) is 3. The molecule has 0 bridgehead atoms. The van der Waals surface area contributed by atoms with Gasteiger partial charge in [0.1, 0.15) is 0 Å². The Bertz CT molecular complexity index is 68.7. The molecule has 0 radical (unpaired) electrons. The third-order valence-electron chi connectivity index (χ3n) is 1.20. The second kappa shape index (κ2) is 4.14. The summed E-state index contributed by atoms with van der Waals surface area (Å²) in [5, 5.41) is 0. The van der Waals surface area contributed by atoms with Crippen LogP contribution in [0.5, 0.6) is 0 Å². The molecule has 0 amide bonds. The van der Waals surface area contributed by atoms with Crippen molar-refractivity contribution < 1.29 is 8.92 Å². The van der Waals surface area contributed by atoms with Crippen molar-refractivity contribution >= 4 is 12.0 Å². The summed E-state index contributed by atoms with van der Waals surface area (Å²) in [7, 11) is 0. The first kappa shape index (κ1) is 7.38. The van der Waals surface area contributed by atoms with E-state index in [4.69, 9.17) is 8.92 Å². The first-order valence-electron chi connectivity index (χ1n) is 3.33. The SMILES string of the molecule is CCOC1CCCSO1. The lowest BCUT2D eigenvalue weighted by Gasteiger charge is -2.20. The van der Waals surface area contributed by atoms with Gasteiger partial charge in [0.2, 0.25) is 0 Å². The van der Waals surface area contributed by atoms with Gasteiger partial charge in [0.05, 0.1) is 0 Å². The lowest BCUT2D eigenvalue weighted by Crippen LogP contribution is -2.17. The second-order valence-electron chi connectivity index (χ2n) is 1.95. The fourth-order valence-electron chi connectivity index (χ4n) is 0.778. The van der Waals surface area contributed by atoms with Gasteiger partial charge in [-0.05, 0) is 25.4 Å². The molecule has 54 valence electrons. The Kier molecular flexibility index (Phi) is 3.40. The van der Waals surface area contributed by atoms with Gasteiger partial charge >= 0.3 is 0 Å². The van der Waals surface area contributed by atoms with Crippen LogP contribution >= 0.6 is 12.0 Å². The van der Waals surface area contributed by atoms with Crippen molar-refractivity contribution in [3.63, 3.8) is 0 Å². The number of rotatable bonds is 2. The number of ether oxygens (including phenoxy) is 1. The fraction of sp³-hybridized carbons (Fsp3) is 1.00. The summed E-state index contributed by atoms with van der Waals surface area (Å²) >= 11 is 1.52. The molecule has 1 fully saturated rings. The topological polar surface area (TPSA) is 18.5 Å². The predicted molar refractivity (Wildman–Crippen MR) is 38.2 cm³/mol. The van der Waals surface area contributed by atoms with E-state index >= 15 is 0 Å². The molecule has 1 saturated heterocycles. The molecule has 0 N–H and O–H groups in total. The Labute approximate surface area is 60.1 Å². The van der Waals surface area contributed by atoms with E-state index in [9.17, 15) is 0 Å². The van der Waals surface area contributed by atoms with Crippen molar-refractivity contribution in [3.8, 4) is 0 Å². The molecule has 1 rings (SSSR count). The van der Waals surface area contributed by atoms with Crippen LogP contribution < -0.4 is 0 Å². The largest absolute Gasteiger partial charge is 0.352 e. The van der Waals surface area contributed by atoms with Crippen molar-refractivity contribution in [1.29, 1.82) is 0 Å². The summed E-state index contributed by atoms with van der Waals surface area (Å²) in [6.45, 7) is 2.74. The lowest BCUT2D eigenvalue weighted by atomic mass is 10.3. The highest BCUT2D eigenvalue weighted by molar-refractivity contribution is 7.94. The van der Waals surface area contributed by atoms with Gasteiger partial charge < -0.3 is 4.74 Å². The molecular weight excluding hydrogens is 136 g/mol. The van der Waals surface area contributed by atoms with Crippen LogP contribution in [-0.4, -0.2) is 18.6 Å². The first-order chi connectivity index (χ1) is 4.43. The maximum atomic E-state index is 5.24. The van der Waals surface area contributed by atoms with E-state index in [1.165, 1.54) is 18.5 Å². The van der Waals surface area contributed by atoms with Crippen LogP contribution in [0, 0.1) is 0 Å². The maximum absolute atomic E-state index is 5.24. The Morgan fingerprint density at radius 1 is 1.78 bits per heavy atom. The summed E-state index contributed by atoms with van der Waals surface area (Å²) in [4.78, 5) is 0. The second-order valence-corrected chi connectivity index (χ2v) is 2.78. The van der Waals surface area contributed by atoms with Gasteiger partial charge in [-0.15, -0.1) is 0 Å². The van der Waals surface area contributed by atoms with Gasteiger partial charge in [-0.3, -0.25) is 4.18 Å². The van der Waals surface area contributed by atoms with Crippen LogP contribution in [0.25, 0.3) is 0 Å². The molecule has 9 heavy (non-hydrogen) atoms. The molecule has 0 aromatic carbocycles. The van der Waals surface area contributed by atoms with E-state index in [2.05, 4.69) is 0 Å². The van der Waals surface area contributed by atoms with Crippen molar-refractivity contribution in [3.05, 3.63) is 0 Å². The molecule has 0 spiro atoms. The maximum Gasteiger partial charge on any atom is 0.170 e. The highest BCUT2D eigenvalue weighted by Crippen LogP contribution is 2.20. The molecule has 1 aliphatic heterocycles. The summed E-state index contributed by atoms with van der Waals surface area (Å²) in [5.41, 5.74) is 0. The highest BCUT2D eigenvalue weighted by atomic mass is 32.2. The number of hydrogen-bond donors (Lipinski definition) is 0. The van der Waals surface area contributed by atoms with E-state index in [0.717, 1.165) is 18.8 Å². The molecule has 0 aliphatic carbocycles. The van der Waals surface area contributed by atoms with Crippen molar-refractivity contribution in [1.82, 2.24) is 0 Å². The van der Waals surface area contributed by atoms with Crippen LogP contribution in [0.4, 0.5) is 0 Å². The zero-order chi connectivity index (χ0) is 6.53. The summed E-state index contributed by atoms with van der Waals surface area (Å²) in [6.07, 6.45) is 2.34. The van der Waals surface area contributed by atoms with E-state index in [1.54, 1.807) is 0 Å². The Morgan fingerprint density at radius 3 is 3.22 bits per heavy atom. The Morgan fingerprint density at radius 2 is 2.67 bits per heavy atom. The Hall–Kier alpha value is 0.270. The molecule has 0 saturated carbocycles. The van der Waals surface area contributed by atoms with Crippen molar-refractivity contribution in [2.75, 3.05) is 12.4 Å². The molecule has 0 aromatic heterocycles. The minimum atomic E-state index is 0.0637. The summed E-state index contributed by atoms with van der Waals surface area (Å²) in [5.74, 6) is 1.11. The minimum absolute atomic E-state index is 0.0637. The van der Waals surface area contributed by atoms with E-state index < -0.39 is 0 Å². The summed E-state index contributed by atoms with van der Waals surface area (Å²) in [6, 6.07) is 0. The molecule has 1 aliphatic rings. The van der Waals surface area contributed by atoms with Gasteiger partial charge in [0.15, 0.2) is 6.29 Å². The van der Waals surface area contributed by atoms with Crippen molar-refractivity contribution in [2.24, 2.45) is 0 Å². The van der Waals surface area contributed by atoms with Crippen LogP contribution in [-0.2, 0) is 8.92 Å². The summed E-state index contributed by atoms with van der Waals surface area (Å²) < 4.78 is 10.5. The van der Waals surface area contributed by atoms with Gasteiger partial charge in [-0.25, -0.2) is 0 Å². The highest BCUT2D eigenvalue weighted by Gasteiger charge is 2.13. The molecule has 1 unspecified atom stereocenters. The van der Waals surface area contributed by atoms with Crippen LogP contribution in [0.3, 0.4) is 0 Å². The van der Waals surface area contributed by atoms with Crippen molar-refractivity contribution in [2.45, 2.75) is 26.1 Å². The average Bonchev–Trinajstić information content (AvgIpc) is 1.91. The van der Waals surface area contributed by atoms with Crippen LogP contribution in [0.1, 0.15) is 19.8 Å². The van der Waals surface area contributed by atoms with Crippen LogP contribution in [0.2, 0.25) is 0 Å². The first-order valence-corrected chi connectivity index (χ1v) is 4.24. The standard InChI is InChI=1S/C6H12O2S/c1-2-7-6-4-3-5-9-8-6/h6H,2-5H2,1H3. The van der Waals surface area contributed by atoms with Gasteiger partial charge in [0, 0.05) is 18.8 Å². The van der Waals surface area contributed by atoms with Gasteiger partial charge in [0.25, 0.3) is 0 Å². The lowest BCUT2D eigenvalue weighted by molar-refractivity contribution is -0.0731. The van der Waals surface area contributed by atoms with E-state index in [-0.39, 0.29) is 6.29 Å². The monoisotopic (exact) mass is 148 g/mol. The molecule has 0 aromatic rings. The third-order valence-corrected chi connectivity index (χ3v) is 2.00. The van der Waals surface area contributed by atoms with Gasteiger partial charge in [-0.2, -0.15) is 0 Å². The molecule has 1 atom stereocenters. The molecule has 1 heterocycles. The quantitative estimate of drug-likeness (QED) is 0.556. The molecule has 2 nitrogen and oxygen atoms in total. The normalized spacial score (nSPS) is 28.3. The fourth-order valence-corrected chi connectivity index (χ4v) is 1.46. The Balaban J connectivity index is 2.08. The minimum Gasteiger partial charge on any atom is -0.352 e. The molecular formula is C6H12O2S. The average molecular weight is 148 g/mol. The van der Waals surface area contributed by atoms with E-state index in [1.807, 2.05) is 6.92 Å². The third kappa shape index (κ3) is 2.56. The zero-order valence-electron chi connectivity index (χ0n) is 5.63.